The Morgan fingerprint density at radius 2 is 1.88 bits per heavy atom. The van der Waals surface area contributed by atoms with E-state index in [2.05, 4.69) is 70.3 Å². The summed E-state index contributed by atoms with van der Waals surface area (Å²) < 4.78 is 7.63. The van der Waals surface area contributed by atoms with Crippen LogP contribution in [0.25, 0.3) is 5.69 Å². The van der Waals surface area contributed by atoms with E-state index in [-0.39, 0.29) is 6.04 Å². The van der Waals surface area contributed by atoms with Crippen LogP contribution in [0.15, 0.2) is 67.0 Å². The minimum Gasteiger partial charge on any atom is -0.381 e. The number of benzene rings is 2. The van der Waals surface area contributed by atoms with Gasteiger partial charge in [0.05, 0.1) is 6.04 Å². The van der Waals surface area contributed by atoms with E-state index >= 15 is 0 Å². The lowest BCUT2D eigenvalue weighted by molar-refractivity contribution is 0.0853. The summed E-state index contributed by atoms with van der Waals surface area (Å²) in [6.07, 6.45) is 6.09. The van der Waals surface area contributed by atoms with Crippen LogP contribution in [0.2, 0.25) is 0 Å². The highest BCUT2D eigenvalue weighted by Gasteiger charge is 2.17. The molecule has 1 saturated heterocycles. The molecule has 0 spiro atoms. The molecule has 1 aliphatic rings. The predicted octanol–water partition coefficient (Wildman–Crippen LogP) is 4.94. The van der Waals surface area contributed by atoms with Crippen LogP contribution in [0, 0.1) is 0 Å². The Hall–Kier alpha value is -2.59. The fraction of sp³-hybridized carbons (Fsp3) is 0.318. The average molecular weight is 347 g/mol. The van der Waals surface area contributed by atoms with Gasteiger partial charge in [0.1, 0.15) is 5.82 Å². The van der Waals surface area contributed by atoms with Gasteiger partial charge in [-0.1, -0.05) is 30.3 Å². The highest BCUT2D eigenvalue weighted by atomic mass is 16.5. The van der Waals surface area contributed by atoms with Gasteiger partial charge >= 0.3 is 0 Å². The van der Waals surface area contributed by atoms with Crippen LogP contribution in [0.5, 0.6) is 0 Å². The number of ether oxygens (including phenoxy) is 1. The molecule has 0 bridgehead atoms. The molecule has 2 aromatic carbocycles. The molecule has 1 atom stereocenters. The van der Waals surface area contributed by atoms with Crippen LogP contribution in [-0.4, -0.2) is 22.8 Å². The van der Waals surface area contributed by atoms with Crippen LogP contribution in [0.4, 0.5) is 5.69 Å². The van der Waals surface area contributed by atoms with Gasteiger partial charge < -0.3 is 14.6 Å². The van der Waals surface area contributed by atoms with Crippen molar-refractivity contribution >= 4 is 5.69 Å². The lowest BCUT2D eigenvalue weighted by Crippen LogP contribution is -2.15. The van der Waals surface area contributed by atoms with Gasteiger partial charge in [-0.2, -0.15) is 0 Å². The molecule has 2 heterocycles. The maximum atomic E-state index is 5.49. The summed E-state index contributed by atoms with van der Waals surface area (Å²) in [6, 6.07) is 19.2. The molecule has 3 aromatic rings. The van der Waals surface area contributed by atoms with Gasteiger partial charge in [-0.15, -0.1) is 0 Å². The van der Waals surface area contributed by atoms with E-state index in [1.807, 2.05) is 18.5 Å². The summed E-state index contributed by atoms with van der Waals surface area (Å²) in [5.74, 6) is 1.61. The van der Waals surface area contributed by atoms with Gasteiger partial charge in [-0.25, -0.2) is 4.98 Å². The maximum absolute atomic E-state index is 5.49. The van der Waals surface area contributed by atoms with Gasteiger partial charge in [0.2, 0.25) is 0 Å². The van der Waals surface area contributed by atoms with Crippen molar-refractivity contribution in [3.8, 4) is 5.69 Å². The van der Waals surface area contributed by atoms with Gasteiger partial charge in [-0.05, 0) is 55.5 Å². The fourth-order valence-corrected chi connectivity index (χ4v) is 3.67. The molecule has 4 nitrogen and oxygen atoms in total. The van der Waals surface area contributed by atoms with E-state index in [4.69, 9.17) is 4.74 Å². The van der Waals surface area contributed by atoms with Gasteiger partial charge in [0.25, 0.3) is 0 Å². The Balaban J connectivity index is 1.52. The third-order valence-electron chi connectivity index (χ3n) is 5.05. The SMILES string of the molecule is CC(Nc1cccc(C2CCOCC2)c1)c1nccn1-c1ccccc1. The zero-order valence-corrected chi connectivity index (χ0v) is 15.1. The van der Waals surface area contributed by atoms with E-state index in [0.717, 1.165) is 43.3 Å². The van der Waals surface area contributed by atoms with E-state index < -0.39 is 0 Å². The van der Waals surface area contributed by atoms with Gasteiger partial charge in [0, 0.05) is 37.0 Å². The van der Waals surface area contributed by atoms with Gasteiger partial charge in [-0.3, -0.25) is 0 Å². The number of para-hydroxylation sites is 1. The number of imidazole rings is 1. The Morgan fingerprint density at radius 1 is 1.08 bits per heavy atom. The second-order valence-electron chi connectivity index (χ2n) is 6.87. The second kappa shape index (κ2) is 7.75. The molecule has 0 radical (unpaired) electrons. The molecule has 4 rings (SSSR count). The number of hydrogen-bond acceptors (Lipinski definition) is 3. The quantitative estimate of drug-likeness (QED) is 0.710. The number of nitrogens with one attached hydrogen (secondary N) is 1. The third-order valence-corrected chi connectivity index (χ3v) is 5.05. The van der Waals surface area contributed by atoms with E-state index in [1.165, 1.54) is 5.56 Å². The molecule has 1 unspecified atom stereocenters. The van der Waals surface area contributed by atoms with Crippen LogP contribution >= 0.6 is 0 Å². The number of nitrogens with zero attached hydrogens (tertiary/aromatic N) is 2. The van der Waals surface area contributed by atoms with Crippen LogP contribution in [-0.2, 0) is 4.74 Å². The fourth-order valence-electron chi connectivity index (χ4n) is 3.67. The Morgan fingerprint density at radius 3 is 2.69 bits per heavy atom. The molecule has 0 amide bonds. The van der Waals surface area contributed by atoms with Crippen LogP contribution in [0.1, 0.15) is 43.1 Å². The summed E-state index contributed by atoms with van der Waals surface area (Å²) in [4.78, 5) is 4.58. The number of rotatable bonds is 5. The van der Waals surface area contributed by atoms with Crippen molar-refractivity contribution in [2.75, 3.05) is 18.5 Å². The molecule has 1 aliphatic heterocycles. The first-order valence-corrected chi connectivity index (χ1v) is 9.34. The van der Waals surface area contributed by atoms with Crippen LogP contribution < -0.4 is 5.32 Å². The summed E-state index contributed by atoms with van der Waals surface area (Å²) in [6.45, 7) is 3.89. The zero-order chi connectivity index (χ0) is 17.8. The standard InChI is InChI=1S/C22H25N3O/c1-17(22-23-12-13-25(22)21-8-3-2-4-9-21)24-20-7-5-6-19(16-20)18-10-14-26-15-11-18/h2-9,12-13,16-18,24H,10-11,14-15H2,1H3. The van der Waals surface area contributed by atoms with Crippen molar-refractivity contribution in [3.05, 3.63) is 78.4 Å². The van der Waals surface area contributed by atoms with Gasteiger partial charge in [0.15, 0.2) is 0 Å². The second-order valence-corrected chi connectivity index (χ2v) is 6.87. The minimum atomic E-state index is 0.107. The highest BCUT2D eigenvalue weighted by molar-refractivity contribution is 5.48. The van der Waals surface area contributed by atoms with Crippen molar-refractivity contribution in [2.24, 2.45) is 0 Å². The Labute approximate surface area is 154 Å². The topological polar surface area (TPSA) is 39.1 Å². The number of hydrogen-bond donors (Lipinski definition) is 1. The predicted molar refractivity (Wildman–Crippen MR) is 105 cm³/mol. The minimum absolute atomic E-state index is 0.107. The lowest BCUT2D eigenvalue weighted by Gasteiger charge is -2.23. The highest BCUT2D eigenvalue weighted by Crippen LogP contribution is 2.29. The molecule has 1 N–H and O–H groups in total. The molecular weight excluding hydrogens is 322 g/mol. The smallest absolute Gasteiger partial charge is 0.135 e. The van der Waals surface area contributed by atoms with E-state index in [9.17, 15) is 0 Å². The van der Waals surface area contributed by atoms with Crippen LogP contribution in [0.3, 0.4) is 0 Å². The summed E-state index contributed by atoms with van der Waals surface area (Å²) >= 11 is 0. The van der Waals surface area contributed by atoms with Crippen molar-refractivity contribution in [3.63, 3.8) is 0 Å². The largest absolute Gasteiger partial charge is 0.381 e. The monoisotopic (exact) mass is 347 g/mol. The zero-order valence-electron chi connectivity index (χ0n) is 15.1. The normalized spacial score (nSPS) is 16.3. The number of aromatic nitrogens is 2. The third kappa shape index (κ3) is 3.65. The van der Waals surface area contributed by atoms with E-state index in [1.54, 1.807) is 0 Å². The summed E-state index contributed by atoms with van der Waals surface area (Å²) in [5.41, 5.74) is 3.67. The molecule has 0 saturated carbocycles. The molecular formula is C22H25N3O. The average Bonchev–Trinajstić information content (AvgIpc) is 3.20. The maximum Gasteiger partial charge on any atom is 0.135 e. The number of anilines is 1. The summed E-state index contributed by atoms with van der Waals surface area (Å²) in [7, 11) is 0. The first-order valence-electron chi connectivity index (χ1n) is 9.34. The van der Waals surface area contributed by atoms with Crippen molar-refractivity contribution in [1.82, 2.24) is 9.55 Å². The van der Waals surface area contributed by atoms with Crippen molar-refractivity contribution in [1.29, 1.82) is 0 Å². The van der Waals surface area contributed by atoms with Crippen molar-refractivity contribution in [2.45, 2.75) is 31.7 Å². The molecule has 1 aromatic heterocycles. The Bertz CT molecular complexity index is 837. The van der Waals surface area contributed by atoms with E-state index in [0.29, 0.717) is 5.92 Å². The van der Waals surface area contributed by atoms with Crippen molar-refractivity contribution < 1.29 is 4.74 Å². The molecule has 134 valence electrons. The Kier molecular flexibility index (Phi) is 5.02. The summed E-state index contributed by atoms with van der Waals surface area (Å²) in [5, 5.41) is 3.62. The lowest BCUT2D eigenvalue weighted by atomic mass is 9.91. The first kappa shape index (κ1) is 16.9. The molecule has 26 heavy (non-hydrogen) atoms. The molecule has 1 fully saturated rings. The first-order chi connectivity index (χ1) is 12.8. The molecule has 4 heteroatoms. The molecule has 0 aliphatic carbocycles.